The molecule has 264 valence electrons. The fraction of sp³-hybridized carbons (Fsp3) is 0.333. The Hall–Kier alpha value is -4.51. The number of aliphatic hydroxyl groups excluding tert-OH is 1. The number of H-pyrrole nitrogens is 1. The second-order valence-corrected chi connectivity index (χ2v) is 12.7. The van der Waals surface area contributed by atoms with E-state index in [-0.39, 0.29) is 19.8 Å². The van der Waals surface area contributed by atoms with Gasteiger partial charge in [-0.15, -0.1) is 0 Å². The maximum atomic E-state index is 12.6. The minimum atomic E-state index is -4.55. The zero-order chi connectivity index (χ0) is 34.9. The number of nitrogens with one attached hydrogen (secondary N) is 1. The first-order valence-electron chi connectivity index (χ1n) is 15.7. The predicted octanol–water partition coefficient (Wildman–Crippen LogP) is 3.82. The standard InChI is InChI=1S/C33H35N4O12P/c38-29-13-14-37(33(40)34-29)32-31(44-20-25-18-27(36-49-25)23-11-5-2-6-12-23)30(39)28(47-32)21-46-50(41,42)45-16-8-7-15-43-19-24-17-26(35-48-24)22-9-3-1-4-10-22/h1-6,9-14,17-18,28,30-32,39H,7-8,15-16,19-21H2,(H,41,42)(H,34,38,40)/t28-,30-,31-,32-/m1/s1. The van der Waals surface area contributed by atoms with E-state index in [0.717, 1.165) is 21.8 Å². The summed E-state index contributed by atoms with van der Waals surface area (Å²) in [6.07, 6.45) is -2.95. The Labute approximate surface area is 284 Å². The van der Waals surface area contributed by atoms with Crippen molar-refractivity contribution in [2.75, 3.05) is 19.8 Å². The molecule has 0 amide bonds. The Bertz CT molecular complexity index is 1980. The van der Waals surface area contributed by atoms with E-state index in [1.165, 1.54) is 6.20 Å². The third-order valence-corrected chi connectivity index (χ3v) is 8.68. The van der Waals surface area contributed by atoms with Crippen molar-refractivity contribution < 1.29 is 46.9 Å². The van der Waals surface area contributed by atoms with Gasteiger partial charge in [0.1, 0.15) is 42.9 Å². The molecule has 4 heterocycles. The molecule has 0 radical (unpaired) electrons. The summed E-state index contributed by atoms with van der Waals surface area (Å²) in [5, 5.41) is 19.2. The van der Waals surface area contributed by atoms with Gasteiger partial charge in [0.2, 0.25) is 0 Å². The number of phosphoric acid groups is 1. The fourth-order valence-corrected chi connectivity index (χ4v) is 5.95. The number of ether oxygens (including phenoxy) is 3. The summed E-state index contributed by atoms with van der Waals surface area (Å²) in [5.74, 6) is 0.900. The lowest BCUT2D eigenvalue weighted by Gasteiger charge is -2.21. The van der Waals surface area contributed by atoms with Crippen molar-refractivity contribution in [2.45, 2.75) is 50.6 Å². The molecular weight excluding hydrogens is 675 g/mol. The fourth-order valence-electron chi connectivity index (χ4n) is 5.18. The SMILES string of the molecule is O=c1ccn([C@@H]2O[C@H](COP(=O)(O)OCCCCOCc3cc(-c4ccccc4)no3)[C@@H](O)[C@H]2OCc2cc(-c3ccccc3)no2)c(=O)[nH]1. The summed E-state index contributed by atoms with van der Waals surface area (Å²) < 4.78 is 51.9. The third-order valence-electron chi connectivity index (χ3n) is 7.70. The molecule has 0 aliphatic carbocycles. The lowest BCUT2D eigenvalue weighted by Crippen LogP contribution is -2.39. The Balaban J connectivity index is 0.970. The van der Waals surface area contributed by atoms with Crippen LogP contribution in [0, 0.1) is 0 Å². The van der Waals surface area contributed by atoms with Gasteiger partial charge in [0.25, 0.3) is 5.56 Å². The second-order valence-electron chi connectivity index (χ2n) is 11.3. The molecule has 0 spiro atoms. The van der Waals surface area contributed by atoms with Crippen molar-refractivity contribution in [3.8, 4) is 22.5 Å². The van der Waals surface area contributed by atoms with E-state index in [2.05, 4.69) is 15.3 Å². The Morgan fingerprint density at radius 2 is 1.46 bits per heavy atom. The van der Waals surface area contributed by atoms with Gasteiger partial charge < -0.3 is 33.3 Å². The van der Waals surface area contributed by atoms with Gasteiger partial charge in [0.15, 0.2) is 17.7 Å². The monoisotopic (exact) mass is 710 g/mol. The molecule has 1 unspecified atom stereocenters. The lowest BCUT2D eigenvalue weighted by molar-refractivity contribution is -0.0832. The number of hydrogen-bond donors (Lipinski definition) is 3. The van der Waals surface area contributed by atoms with E-state index in [1.54, 1.807) is 12.1 Å². The van der Waals surface area contributed by atoms with Gasteiger partial charge >= 0.3 is 13.5 Å². The number of benzene rings is 2. The molecule has 5 atom stereocenters. The molecule has 1 saturated heterocycles. The van der Waals surface area contributed by atoms with Crippen LogP contribution >= 0.6 is 7.82 Å². The summed E-state index contributed by atoms with van der Waals surface area (Å²) in [6, 6.07) is 23.5. The highest BCUT2D eigenvalue weighted by Crippen LogP contribution is 2.44. The first-order chi connectivity index (χ1) is 24.3. The molecule has 2 aromatic carbocycles. The molecule has 16 nitrogen and oxygen atoms in total. The second kappa shape index (κ2) is 16.5. The maximum Gasteiger partial charge on any atom is 0.472 e. The van der Waals surface area contributed by atoms with Crippen LogP contribution in [0.3, 0.4) is 0 Å². The summed E-state index contributed by atoms with van der Waals surface area (Å²) in [5.41, 5.74) is 1.60. The molecular formula is C33H35N4O12P. The van der Waals surface area contributed by atoms with Crippen LogP contribution in [0.1, 0.15) is 30.6 Å². The van der Waals surface area contributed by atoms with E-state index in [1.807, 2.05) is 60.7 Å². The minimum Gasteiger partial charge on any atom is -0.387 e. The zero-order valence-corrected chi connectivity index (χ0v) is 27.5. The van der Waals surface area contributed by atoms with E-state index < -0.39 is 50.2 Å². The van der Waals surface area contributed by atoms with Crippen LogP contribution in [0.15, 0.2) is 104 Å². The van der Waals surface area contributed by atoms with Gasteiger partial charge in [0, 0.05) is 42.1 Å². The number of rotatable bonds is 17. The van der Waals surface area contributed by atoms with Crippen LogP contribution in [-0.4, -0.2) is 68.0 Å². The first kappa shape index (κ1) is 35.3. The van der Waals surface area contributed by atoms with Crippen molar-refractivity contribution in [1.82, 2.24) is 19.9 Å². The van der Waals surface area contributed by atoms with Crippen LogP contribution in [0.25, 0.3) is 22.5 Å². The number of aromatic nitrogens is 4. The van der Waals surface area contributed by atoms with E-state index in [9.17, 15) is 24.2 Å². The number of phosphoric ester groups is 1. The maximum absolute atomic E-state index is 12.6. The van der Waals surface area contributed by atoms with Crippen molar-refractivity contribution in [3.05, 3.63) is 117 Å². The Morgan fingerprint density at radius 3 is 2.10 bits per heavy atom. The molecule has 3 N–H and O–H groups in total. The van der Waals surface area contributed by atoms with E-state index in [0.29, 0.717) is 42.4 Å². The third kappa shape index (κ3) is 9.18. The number of nitrogens with zero attached hydrogens (tertiary/aromatic N) is 3. The Morgan fingerprint density at radius 1 is 0.840 bits per heavy atom. The number of unbranched alkanes of at least 4 members (excludes halogenated alkanes) is 1. The number of hydrogen-bond acceptors (Lipinski definition) is 13. The molecule has 5 aromatic rings. The summed E-state index contributed by atoms with van der Waals surface area (Å²) in [6.45, 7) is -0.274. The molecule has 3 aromatic heterocycles. The number of aliphatic hydroxyl groups is 1. The van der Waals surface area contributed by atoms with Crippen LogP contribution in [-0.2, 0) is 41.0 Å². The number of aromatic amines is 1. The molecule has 17 heteroatoms. The summed E-state index contributed by atoms with van der Waals surface area (Å²) >= 11 is 0. The lowest BCUT2D eigenvalue weighted by atomic mass is 10.1. The average Bonchev–Trinajstić information content (AvgIpc) is 3.86. The molecule has 0 bridgehead atoms. The quantitative estimate of drug-likeness (QED) is 0.0926. The zero-order valence-electron chi connectivity index (χ0n) is 26.6. The van der Waals surface area contributed by atoms with E-state index in [4.69, 9.17) is 32.3 Å². The molecule has 6 rings (SSSR count). The van der Waals surface area contributed by atoms with Crippen LogP contribution in [0.4, 0.5) is 0 Å². The van der Waals surface area contributed by atoms with Gasteiger partial charge in [-0.25, -0.2) is 9.36 Å². The molecule has 1 aliphatic rings. The normalized spacial score (nSPS) is 20.2. The topological polar surface area (TPSA) is 211 Å². The molecule has 1 fully saturated rings. The average molecular weight is 711 g/mol. The highest BCUT2D eigenvalue weighted by molar-refractivity contribution is 7.47. The first-order valence-corrected chi connectivity index (χ1v) is 17.2. The highest BCUT2D eigenvalue weighted by atomic mass is 31.2. The Kier molecular flexibility index (Phi) is 11.6. The molecule has 0 saturated carbocycles. The van der Waals surface area contributed by atoms with Crippen molar-refractivity contribution in [1.29, 1.82) is 0 Å². The minimum absolute atomic E-state index is 0.102. The van der Waals surface area contributed by atoms with Gasteiger partial charge in [-0.3, -0.25) is 23.4 Å². The van der Waals surface area contributed by atoms with Crippen molar-refractivity contribution in [2.24, 2.45) is 0 Å². The summed E-state index contributed by atoms with van der Waals surface area (Å²) in [7, 11) is -4.55. The smallest absolute Gasteiger partial charge is 0.387 e. The van der Waals surface area contributed by atoms with Crippen molar-refractivity contribution >= 4 is 7.82 Å². The van der Waals surface area contributed by atoms with Crippen LogP contribution in [0.5, 0.6) is 0 Å². The largest absolute Gasteiger partial charge is 0.472 e. The van der Waals surface area contributed by atoms with Gasteiger partial charge in [-0.05, 0) is 12.8 Å². The summed E-state index contributed by atoms with van der Waals surface area (Å²) in [4.78, 5) is 36.6. The molecule has 1 aliphatic heterocycles. The van der Waals surface area contributed by atoms with Crippen LogP contribution in [0.2, 0.25) is 0 Å². The molecule has 50 heavy (non-hydrogen) atoms. The van der Waals surface area contributed by atoms with Gasteiger partial charge in [-0.2, -0.15) is 0 Å². The van der Waals surface area contributed by atoms with E-state index >= 15 is 0 Å². The predicted molar refractivity (Wildman–Crippen MR) is 174 cm³/mol. The highest BCUT2D eigenvalue weighted by Gasteiger charge is 2.47. The van der Waals surface area contributed by atoms with Gasteiger partial charge in [0.05, 0.1) is 13.2 Å². The van der Waals surface area contributed by atoms with Crippen molar-refractivity contribution in [3.63, 3.8) is 0 Å². The van der Waals surface area contributed by atoms with Gasteiger partial charge in [-0.1, -0.05) is 71.0 Å². The van der Waals surface area contributed by atoms with Crippen LogP contribution < -0.4 is 11.2 Å².